The molecule has 0 saturated carbocycles. The van der Waals surface area contributed by atoms with Crippen LogP contribution in [0.5, 0.6) is 0 Å². The summed E-state index contributed by atoms with van der Waals surface area (Å²) in [4.78, 5) is 29.1. The van der Waals surface area contributed by atoms with Gasteiger partial charge in [-0.25, -0.2) is 9.37 Å². The minimum absolute atomic E-state index is 0.00244. The van der Waals surface area contributed by atoms with Gasteiger partial charge in [0.2, 0.25) is 0 Å². The van der Waals surface area contributed by atoms with Crippen molar-refractivity contribution in [2.45, 2.75) is 27.3 Å². The Morgan fingerprint density at radius 3 is 2.48 bits per heavy atom. The van der Waals surface area contributed by atoms with Crippen LogP contribution in [0.4, 0.5) is 4.39 Å². The molecule has 0 radical (unpaired) electrons. The van der Waals surface area contributed by atoms with E-state index in [1.807, 2.05) is 19.9 Å². The van der Waals surface area contributed by atoms with Crippen LogP contribution in [0.15, 0.2) is 30.3 Å². The predicted molar refractivity (Wildman–Crippen MR) is 99.6 cm³/mol. The molecule has 27 heavy (non-hydrogen) atoms. The van der Waals surface area contributed by atoms with Gasteiger partial charge in [-0.3, -0.25) is 25.1 Å². The Labute approximate surface area is 159 Å². The first-order valence-electron chi connectivity index (χ1n) is 8.17. The summed E-state index contributed by atoms with van der Waals surface area (Å²) in [6.07, 6.45) is 0. The smallest absolute Gasteiger partial charge is 0.271 e. The molecule has 3 aromatic rings. The lowest BCUT2D eigenvalue weighted by molar-refractivity contribution is -0.122. The molecule has 0 bridgehead atoms. The number of rotatable bonds is 4. The zero-order chi connectivity index (χ0) is 19.6. The number of hydrazine groups is 1. The third-order valence-electron chi connectivity index (χ3n) is 3.81. The maximum absolute atomic E-state index is 13.0. The van der Waals surface area contributed by atoms with E-state index in [0.717, 1.165) is 17.0 Å². The standard InChI is InChI=1S/C18H18FN5O2S/c1-10-8-11(2)24(23-10)9-15(25)21-22-17(26)16-12(3)20-18(27-16)13-4-6-14(19)7-5-13/h4-8H,9H2,1-3H3,(H,21,25)(H,22,26). The van der Waals surface area contributed by atoms with Gasteiger partial charge < -0.3 is 0 Å². The molecule has 0 spiro atoms. The average Bonchev–Trinajstić information content (AvgIpc) is 3.15. The van der Waals surface area contributed by atoms with Gasteiger partial charge in [-0.1, -0.05) is 0 Å². The third-order valence-corrected chi connectivity index (χ3v) is 5.01. The second kappa shape index (κ2) is 7.67. The highest BCUT2D eigenvalue weighted by Crippen LogP contribution is 2.27. The molecule has 0 unspecified atom stereocenters. The second-order valence-corrected chi connectivity index (χ2v) is 7.03. The van der Waals surface area contributed by atoms with Crippen molar-refractivity contribution in [3.8, 4) is 10.6 Å². The number of nitrogens with zero attached hydrogens (tertiary/aromatic N) is 3. The van der Waals surface area contributed by atoms with Crippen LogP contribution in [0.3, 0.4) is 0 Å². The number of aryl methyl sites for hydroxylation is 3. The number of halogens is 1. The number of thiazole rings is 1. The first kappa shape index (κ1) is 18.7. The number of nitrogens with one attached hydrogen (secondary N) is 2. The molecular weight excluding hydrogens is 369 g/mol. The van der Waals surface area contributed by atoms with Gasteiger partial charge in [0.1, 0.15) is 22.2 Å². The molecule has 140 valence electrons. The number of amides is 2. The van der Waals surface area contributed by atoms with Crippen molar-refractivity contribution in [3.63, 3.8) is 0 Å². The highest BCUT2D eigenvalue weighted by Gasteiger charge is 2.17. The van der Waals surface area contributed by atoms with Crippen LogP contribution >= 0.6 is 11.3 Å². The Morgan fingerprint density at radius 1 is 1.15 bits per heavy atom. The lowest BCUT2D eigenvalue weighted by atomic mass is 10.2. The fourth-order valence-electron chi connectivity index (χ4n) is 2.52. The minimum Gasteiger partial charge on any atom is -0.271 e. The predicted octanol–water partition coefficient (Wildman–Crippen LogP) is 2.53. The van der Waals surface area contributed by atoms with Crippen molar-refractivity contribution in [3.05, 3.63) is 58.1 Å². The molecule has 2 aromatic heterocycles. The quantitative estimate of drug-likeness (QED) is 0.674. The van der Waals surface area contributed by atoms with E-state index >= 15 is 0 Å². The van der Waals surface area contributed by atoms with Crippen LogP contribution < -0.4 is 10.9 Å². The molecule has 0 aliphatic carbocycles. The van der Waals surface area contributed by atoms with Crippen LogP contribution in [0, 0.1) is 26.6 Å². The van der Waals surface area contributed by atoms with E-state index in [2.05, 4.69) is 20.9 Å². The number of hydrogen-bond acceptors (Lipinski definition) is 5. The molecule has 7 nitrogen and oxygen atoms in total. The van der Waals surface area contributed by atoms with Gasteiger partial charge in [-0.15, -0.1) is 11.3 Å². The van der Waals surface area contributed by atoms with Crippen molar-refractivity contribution in [1.29, 1.82) is 0 Å². The number of aromatic nitrogens is 3. The molecule has 2 N–H and O–H groups in total. The van der Waals surface area contributed by atoms with Gasteiger partial charge in [0.15, 0.2) is 0 Å². The van der Waals surface area contributed by atoms with E-state index in [-0.39, 0.29) is 12.4 Å². The van der Waals surface area contributed by atoms with Gasteiger partial charge in [0.25, 0.3) is 11.8 Å². The highest BCUT2D eigenvalue weighted by molar-refractivity contribution is 7.17. The number of carbonyl (C=O) groups excluding carboxylic acids is 2. The maximum atomic E-state index is 13.0. The molecule has 1 aromatic carbocycles. The normalized spacial score (nSPS) is 10.7. The summed E-state index contributed by atoms with van der Waals surface area (Å²) in [6, 6.07) is 7.75. The molecule has 0 aliphatic rings. The summed E-state index contributed by atoms with van der Waals surface area (Å²) in [7, 11) is 0. The molecule has 2 heterocycles. The Kier molecular flexibility index (Phi) is 5.31. The molecule has 0 aliphatic heterocycles. The fraction of sp³-hybridized carbons (Fsp3) is 0.222. The van der Waals surface area contributed by atoms with Gasteiger partial charge in [0.05, 0.1) is 11.4 Å². The van der Waals surface area contributed by atoms with Gasteiger partial charge >= 0.3 is 0 Å². The molecule has 0 atom stereocenters. The second-order valence-electron chi connectivity index (χ2n) is 6.03. The van der Waals surface area contributed by atoms with E-state index in [9.17, 15) is 14.0 Å². The summed E-state index contributed by atoms with van der Waals surface area (Å²) in [5, 5.41) is 4.80. The largest absolute Gasteiger partial charge is 0.281 e. The summed E-state index contributed by atoms with van der Waals surface area (Å²) in [5.74, 6) is -1.19. The maximum Gasteiger partial charge on any atom is 0.281 e. The lowest BCUT2D eigenvalue weighted by Crippen LogP contribution is -2.43. The van der Waals surface area contributed by atoms with Crippen LogP contribution in [0.25, 0.3) is 10.6 Å². The van der Waals surface area contributed by atoms with E-state index in [4.69, 9.17) is 0 Å². The SMILES string of the molecule is Cc1cc(C)n(CC(=O)NNC(=O)c2sc(-c3ccc(F)cc3)nc2C)n1. The van der Waals surface area contributed by atoms with Crippen molar-refractivity contribution < 1.29 is 14.0 Å². The van der Waals surface area contributed by atoms with Crippen LogP contribution in [-0.4, -0.2) is 26.6 Å². The Bertz CT molecular complexity index is 994. The van der Waals surface area contributed by atoms with Crippen molar-refractivity contribution >= 4 is 23.2 Å². The molecular formula is C18H18FN5O2S. The van der Waals surface area contributed by atoms with E-state index in [1.165, 1.54) is 23.5 Å². The van der Waals surface area contributed by atoms with E-state index < -0.39 is 11.8 Å². The first-order chi connectivity index (χ1) is 12.8. The molecule has 2 amide bonds. The van der Waals surface area contributed by atoms with Gasteiger partial charge in [0, 0.05) is 11.3 Å². The third kappa shape index (κ3) is 4.37. The lowest BCUT2D eigenvalue weighted by Gasteiger charge is -2.07. The first-order valence-corrected chi connectivity index (χ1v) is 8.98. The van der Waals surface area contributed by atoms with E-state index in [0.29, 0.717) is 15.6 Å². The Morgan fingerprint density at radius 2 is 1.85 bits per heavy atom. The molecule has 0 fully saturated rings. The number of benzene rings is 1. The monoisotopic (exact) mass is 387 g/mol. The Balaban J connectivity index is 1.63. The highest BCUT2D eigenvalue weighted by atomic mass is 32.1. The number of carbonyl (C=O) groups is 2. The molecule has 3 rings (SSSR count). The van der Waals surface area contributed by atoms with Gasteiger partial charge in [-0.05, 0) is 51.1 Å². The fourth-order valence-corrected chi connectivity index (χ4v) is 3.48. The summed E-state index contributed by atoms with van der Waals surface area (Å²) >= 11 is 1.17. The summed E-state index contributed by atoms with van der Waals surface area (Å²) < 4.78 is 14.6. The van der Waals surface area contributed by atoms with Gasteiger partial charge in [-0.2, -0.15) is 5.10 Å². The summed E-state index contributed by atoms with van der Waals surface area (Å²) in [5.41, 5.74) is 7.70. The van der Waals surface area contributed by atoms with Crippen LogP contribution in [-0.2, 0) is 11.3 Å². The Hall–Kier alpha value is -3.07. The zero-order valence-corrected chi connectivity index (χ0v) is 15.9. The van der Waals surface area contributed by atoms with Crippen molar-refractivity contribution in [2.75, 3.05) is 0 Å². The van der Waals surface area contributed by atoms with E-state index in [1.54, 1.807) is 23.7 Å². The zero-order valence-electron chi connectivity index (χ0n) is 15.0. The van der Waals surface area contributed by atoms with Crippen molar-refractivity contribution in [1.82, 2.24) is 25.6 Å². The molecule has 0 saturated heterocycles. The topological polar surface area (TPSA) is 88.9 Å². The average molecular weight is 387 g/mol. The number of hydrogen-bond donors (Lipinski definition) is 2. The summed E-state index contributed by atoms with van der Waals surface area (Å²) in [6.45, 7) is 5.40. The molecule has 9 heteroatoms. The van der Waals surface area contributed by atoms with Crippen LogP contribution in [0.2, 0.25) is 0 Å². The minimum atomic E-state index is -0.458. The van der Waals surface area contributed by atoms with Crippen molar-refractivity contribution in [2.24, 2.45) is 0 Å². The van der Waals surface area contributed by atoms with Crippen LogP contribution in [0.1, 0.15) is 26.8 Å².